The van der Waals surface area contributed by atoms with E-state index >= 15 is 0 Å². The van der Waals surface area contributed by atoms with Crippen LogP contribution in [0.4, 0.5) is 0 Å². The summed E-state index contributed by atoms with van der Waals surface area (Å²) >= 11 is 0. The molecule has 1 heterocycles. The highest BCUT2D eigenvalue weighted by molar-refractivity contribution is 5.91. The summed E-state index contributed by atoms with van der Waals surface area (Å²) in [6.45, 7) is 13.8. The lowest BCUT2D eigenvalue weighted by Crippen LogP contribution is -2.32. The van der Waals surface area contributed by atoms with E-state index in [1.165, 1.54) is 17.4 Å². The van der Waals surface area contributed by atoms with Gasteiger partial charge in [-0.25, -0.2) is 4.98 Å². The molecule has 30 heavy (non-hydrogen) atoms. The quantitative estimate of drug-likeness (QED) is 0.635. The summed E-state index contributed by atoms with van der Waals surface area (Å²) in [7, 11) is 3.95. The Kier molecular flexibility index (Phi) is 8.62. The van der Waals surface area contributed by atoms with E-state index < -0.39 is 0 Å². The summed E-state index contributed by atoms with van der Waals surface area (Å²) in [4.78, 5) is 21.0. The fraction of sp³-hybridized carbons (Fsp3) is 0.583. The van der Waals surface area contributed by atoms with E-state index in [0.29, 0.717) is 30.7 Å². The third-order valence-corrected chi connectivity index (χ3v) is 5.39. The zero-order valence-electron chi connectivity index (χ0n) is 19.7. The van der Waals surface area contributed by atoms with E-state index in [0.717, 1.165) is 19.5 Å². The van der Waals surface area contributed by atoms with Gasteiger partial charge >= 0.3 is 0 Å². The van der Waals surface area contributed by atoms with Crippen LogP contribution < -0.4 is 5.32 Å². The van der Waals surface area contributed by atoms with Gasteiger partial charge in [0.2, 0.25) is 5.89 Å². The van der Waals surface area contributed by atoms with Crippen LogP contribution in [-0.4, -0.2) is 53.9 Å². The first-order chi connectivity index (χ1) is 14.1. The molecule has 1 unspecified atom stereocenters. The average molecular weight is 415 g/mol. The molecular formula is C24H38N4O2. The summed E-state index contributed by atoms with van der Waals surface area (Å²) in [6, 6.07) is 9.21. The van der Waals surface area contributed by atoms with E-state index in [1.54, 1.807) is 0 Å². The molecule has 1 amide bonds. The van der Waals surface area contributed by atoms with Crippen molar-refractivity contribution in [2.24, 2.45) is 0 Å². The second kappa shape index (κ2) is 10.7. The monoisotopic (exact) mass is 414 g/mol. The van der Waals surface area contributed by atoms with Gasteiger partial charge in [0.15, 0.2) is 5.69 Å². The van der Waals surface area contributed by atoms with Crippen molar-refractivity contribution in [2.75, 3.05) is 27.2 Å². The number of amides is 1. The van der Waals surface area contributed by atoms with Gasteiger partial charge in [-0.2, -0.15) is 0 Å². The second-order valence-corrected chi connectivity index (χ2v) is 9.29. The molecule has 0 spiro atoms. The van der Waals surface area contributed by atoms with E-state index in [2.05, 4.69) is 74.1 Å². The first-order valence-corrected chi connectivity index (χ1v) is 10.8. The van der Waals surface area contributed by atoms with Gasteiger partial charge in [0.05, 0.1) is 6.54 Å². The number of benzene rings is 1. The average Bonchev–Trinajstić information content (AvgIpc) is 3.15. The summed E-state index contributed by atoms with van der Waals surface area (Å²) in [6.07, 6.45) is 2.48. The summed E-state index contributed by atoms with van der Waals surface area (Å²) in [5.41, 5.74) is 3.08. The van der Waals surface area contributed by atoms with Gasteiger partial charge < -0.3 is 14.6 Å². The number of oxazole rings is 1. The van der Waals surface area contributed by atoms with Gasteiger partial charge in [-0.05, 0) is 44.0 Å². The Labute approximate surface area is 181 Å². The molecule has 0 aliphatic rings. The molecule has 0 aliphatic heterocycles. The lowest BCUT2D eigenvalue weighted by atomic mass is 9.87. The van der Waals surface area contributed by atoms with Crippen molar-refractivity contribution in [1.82, 2.24) is 20.1 Å². The van der Waals surface area contributed by atoms with Crippen LogP contribution in [0, 0.1) is 0 Å². The zero-order chi connectivity index (χ0) is 22.3. The fourth-order valence-electron chi connectivity index (χ4n) is 3.12. The van der Waals surface area contributed by atoms with Gasteiger partial charge in [0.1, 0.15) is 6.26 Å². The third kappa shape index (κ3) is 7.26. The Balaban J connectivity index is 2.03. The Morgan fingerprint density at radius 1 is 1.17 bits per heavy atom. The number of nitrogens with one attached hydrogen (secondary N) is 1. The maximum absolute atomic E-state index is 12.3. The predicted octanol–water partition coefficient (Wildman–Crippen LogP) is 4.06. The maximum Gasteiger partial charge on any atom is 0.273 e. The first kappa shape index (κ1) is 24.1. The molecule has 6 nitrogen and oxygen atoms in total. The van der Waals surface area contributed by atoms with E-state index in [4.69, 9.17) is 4.42 Å². The minimum Gasteiger partial charge on any atom is -0.447 e. The Hall–Kier alpha value is -2.18. The van der Waals surface area contributed by atoms with Crippen LogP contribution in [0.3, 0.4) is 0 Å². The Bertz CT molecular complexity index is 790. The van der Waals surface area contributed by atoms with Crippen molar-refractivity contribution in [3.8, 4) is 0 Å². The number of rotatable bonds is 10. The molecular weight excluding hydrogens is 376 g/mol. The van der Waals surface area contributed by atoms with Gasteiger partial charge in [0, 0.05) is 25.7 Å². The molecule has 0 saturated heterocycles. The lowest BCUT2D eigenvalue weighted by molar-refractivity contribution is 0.0946. The van der Waals surface area contributed by atoms with Crippen LogP contribution in [0.5, 0.6) is 0 Å². The van der Waals surface area contributed by atoms with E-state index in [9.17, 15) is 4.79 Å². The normalized spacial score (nSPS) is 13.1. The largest absolute Gasteiger partial charge is 0.447 e. The summed E-state index contributed by atoms with van der Waals surface area (Å²) in [5, 5.41) is 2.87. The van der Waals surface area contributed by atoms with Crippen molar-refractivity contribution >= 4 is 5.91 Å². The zero-order valence-corrected chi connectivity index (χ0v) is 19.7. The molecule has 0 aliphatic carbocycles. The minimum absolute atomic E-state index is 0.149. The first-order valence-electron chi connectivity index (χ1n) is 10.8. The molecule has 0 fully saturated rings. The summed E-state index contributed by atoms with van der Waals surface area (Å²) in [5.74, 6) is 0.374. The van der Waals surface area contributed by atoms with Crippen LogP contribution in [0.15, 0.2) is 34.9 Å². The number of carbonyl (C=O) groups is 1. The van der Waals surface area contributed by atoms with Crippen LogP contribution in [0.25, 0.3) is 0 Å². The van der Waals surface area contributed by atoms with Crippen molar-refractivity contribution in [3.05, 3.63) is 53.2 Å². The van der Waals surface area contributed by atoms with Gasteiger partial charge in [-0.1, -0.05) is 52.0 Å². The molecule has 1 N–H and O–H groups in total. The van der Waals surface area contributed by atoms with Gasteiger partial charge in [0.25, 0.3) is 5.91 Å². The maximum atomic E-state index is 12.3. The number of nitrogens with zero attached hydrogens (tertiary/aromatic N) is 3. The molecule has 166 valence electrons. The van der Waals surface area contributed by atoms with Crippen LogP contribution in [0.1, 0.15) is 68.5 Å². The number of carbonyl (C=O) groups excluding carboxylic acids is 1. The van der Waals surface area contributed by atoms with Crippen molar-refractivity contribution in [3.63, 3.8) is 0 Å². The molecule has 6 heteroatoms. The number of hydrogen-bond donors (Lipinski definition) is 1. The standard InChI is InChI=1S/C24H38N4O2/c1-8-18(2)28(15-19-9-11-20(12-10-19)24(3,4)5)16-22-26-21(17-30-22)23(29)25-13-14-27(6)7/h9-12,17-18H,8,13-16H2,1-7H3,(H,25,29). The highest BCUT2D eigenvalue weighted by Gasteiger charge is 2.19. The van der Waals surface area contributed by atoms with E-state index in [1.807, 2.05) is 19.0 Å². The Morgan fingerprint density at radius 3 is 2.40 bits per heavy atom. The minimum atomic E-state index is -0.195. The van der Waals surface area contributed by atoms with Crippen LogP contribution in [0.2, 0.25) is 0 Å². The van der Waals surface area contributed by atoms with E-state index in [-0.39, 0.29) is 11.3 Å². The predicted molar refractivity (Wildman–Crippen MR) is 122 cm³/mol. The van der Waals surface area contributed by atoms with Crippen molar-refractivity contribution in [2.45, 2.75) is 65.6 Å². The lowest BCUT2D eigenvalue weighted by Gasteiger charge is -2.27. The van der Waals surface area contributed by atoms with Gasteiger partial charge in [-0.3, -0.25) is 9.69 Å². The van der Waals surface area contributed by atoms with Crippen LogP contribution >= 0.6 is 0 Å². The molecule has 0 saturated carbocycles. The topological polar surface area (TPSA) is 61.6 Å². The highest BCUT2D eigenvalue weighted by atomic mass is 16.3. The molecule has 1 aromatic heterocycles. The molecule has 2 rings (SSSR count). The fourth-order valence-corrected chi connectivity index (χ4v) is 3.12. The third-order valence-electron chi connectivity index (χ3n) is 5.39. The number of likely N-dealkylation sites (N-methyl/N-ethyl adjacent to an activating group) is 1. The molecule has 2 aromatic rings. The van der Waals surface area contributed by atoms with Crippen molar-refractivity contribution < 1.29 is 9.21 Å². The van der Waals surface area contributed by atoms with Crippen molar-refractivity contribution in [1.29, 1.82) is 0 Å². The molecule has 1 aromatic carbocycles. The highest BCUT2D eigenvalue weighted by Crippen LogP contribution is 2.23. The Morgan fingerprint density at radius 2 is 1.83 bits per heavy atom. The second-order valence-electron chi connectivity index (χ2n) is 9.29. The molecule has 1 atom stereocenters. The summed E-state index contributed by atoms with van der Waals surface area (Å²) < 4.78 is 5.62. The smallest absolute Gasteiger partial charge is 0.273 e. The number of aromatic nitrogens is 1. The van der Waals surface area contributed by atoms with Crippen LogP contribution in [-0.2, 0) is 18.5 Å². The molecule has 0 radical (unpaired) electrons. The van der Waals surface area contributed by atoms with Gasteiger partial charge in [-0.15, -0.1) is 0 Å². The molecule has 0 bridgehead atoms. The SMILES string of the molecule is CCC(C)N(Cc1ccc(C(C)(C)C)cc1)Cc1nc(C(=O)NCCN(C)C)co1. The number of hydrogen-bond acceptors (Lipinski definition) is 5.